The molecule has 3 rings (SSSR count). The maximum Gasteiger partial charge on any atom is 0.194 e. The SMILES string of the molecule is CC(C)CCC[C@H]1C[C@H]2CCC[C@H]3C[C@@H](C)NC(=N1)N23. The third-order valence-corrected chi connectivity index (χ3v) is 5.28. The normalized spacial score (nSPS) is 36.4. The van der Waals surface area contributed by atoms with Crippen LogP contribution in [0.25, 0.3) is 0 Å². The molecule has 0 saturated carbocycles. The van der Waals surface area contributed by atoms with Gasteiger partial charge in [0.25, 0.3) is 0 Å². The van der Waals surface area contributed by atoms with E-state index in [-0.39, 0.29) is 0 Å². The first kappa shape index (κ1) is 14.2. The molecule has 114 valence electrons. The lowest BCUT2D eigenvalue weighted by molar-refractivity contribution is 0.102. The maximum absolute atomic E-state index is 5.07. The third-order valence-electron chi connectivity index (χ3n) is 5.28. The number of nitrogens with zero attached hydrogens (tertiary/aromatic N) is 2. The molecule has 20 heavy (non-hydrogen) atoms. The van der Waals surface area contributed by atoms with Gasteiger partial charge >= 0.3 is 0 Å². The molecular formula is C17H31N3. The molecule has 0 unspecified atom stereocenters. The number of guanidine groups is 1. The highest BCUT2D eigenvalue weighted by Gasteiger charge is 2.40. The first-order chi connectivity index (χ1) is 9.63. The molecule has 3 aliphatic rings. The summed E-state index contributed by atoms with van der Waals surface area (Å²) in [5.41, 5.74) is 0. The Labute approximate surface area is 124 Å². The van der Waals surface area contributed by atoms with E-state index in [1.165, 1.54) is 57.3 Å². The van der Waals surface area contributed by atoms with Crippen molar-refractivity contribution in [3.8, 4) is 0 Å². The number of hydrogen-bond acceptors (Lipinski definition) is 3. The zero-order valence-electron chi connectivity index (χ0n) is 13.4. The molecule has 2 saturated heterocycles. The van der Waals surface area contributed by atoms with Crippen molar-refractivity contribution in [3.63, 3.8) is 0 Å². The largest absolute Gasteiger partial charge is 0.354 e. The van der Waals surface area contributed by atoms with Crippen LogP contribution < -0.4 is 5.32 Å². The van der Waals surface area contributed by atoms with Gasteiger partial charge in [-0.05, 0) is 51.4 Å². The monoisotopic (exact) mass is 277 g/mol. The Morgan fingerprint density at radius 2 is 2.00 bits per heavy atom. The lowest BCUT2D eigenvalue weighted by Gasteiger charge is -2.52. The lowest BCUT2D eigenvalue weighted by Crippen LogP contribution is -2.64. The predicted molar refractivity (Wildman–Crippen MR) is 85.0 cm³/mol. The average molecular weight is 277 g/mol. The minimum atomic E-state index is 0.571. The van der Waals surface area contributed by atoms with Gasteiger partial charge in [0.05, 0.1) is 6.04 Å². The van der Waals surface area contributed by atoms with E-state index in [4.69, 9.17) is 4.99 Å². The molecule has 3 heterocycles. The Morgan fingerprint density at radius 3 is 2.75 bits per heavy atom. The Bertz CT molecular complexity index is 363. The van der Waals surface area contributed by atoms with Crippen molar-refractivity contribution < 1.29 is 0 Å². The number of nitrogens with one attached hydrogen (secondary N) is 1. The van der Waals surface area contributed by atoms with Crippen LogP contribution in [0.2, 0.25) is 0 Å². The second-order valence-corrected chi connectivity index (χ2v) is 7.59. The highest BCUT2D eigenvalue weighted by atomic mass is 15.4. The summed E-state index contributed by atoms with van der Waals surface area (Å²) in [5, 5.41) is 3.65. The summed E-state index contributed by atoms with van der Waals surface area (Å²) in [5.74, 6) is 2.06. The molecule has 0 radical (unpaired) electrons. The highest BCUT2D eigenvalue weighted by Crippen LogP contribution is 2.35. The second kappa shape index (κ2) is 5.95. The summed E-state index contributed by atoms with van der Waals surface area (Å²) >= 11 is 0. The van der Waals surface area contributed by atoms with Gasteiger partial charge in [-0.25, -0.2) is 4.99 Å². The minimum absolute atomic E-state index is 0.571. The van der Waals surface area contributed by atoms with Crippen molar-refractivity contribution in [1.82, 2.24) is 10.2 Å². The van der Waals surface area contributed by atoms with Gasteiger partial charge in [0, 0.05) is 18.1 Å². The number of aliphatic imine (C=N–C) groups is 1. The molecule has 0 aromatic rings. The van der Waals surface area contributed by atoms with E-state index in [9.17, 15) is 0 Å². The van der Waals surface area contributed by atoms with Gasteiger partial charge in [-0.3, -0.25) is 0 Å². The van der Waals surface area contributed by atoms with E-state index < -0.39 is 0 Å². The minimum Gasteiger partial charge on any atom is -0.354 e. The molecule has 0 amide bonds. The van der Waals surface area contributed by atoms with Crippen LogP contribution in [0, 0.1) is 5.92 Å². The molecule has 3 nitrogen and oxygen atoms in total. The Morgan fingerprint density at radius 1 is 1.25 bits per heavy atom. The van der Waals surface area contributed by atoms with Crippen LogP contribution in [0.3, 0.4) is 0 Å². The van der Waals surface area contributed by atoms with E-state index in [1.54, 1.807) is 0 Å². The summed E-state index contributed by atoms with van der Waals surface area (Å²) in [4.78, 5) is 7.71. The first-order valence-electron chi connectivity index (χ1n) is 8.76. The van der Waals surface area contributed by atoms with Crippen molar-refractivity contribution in [2.45, 2.75) is 96.3 Å². The van der Waals surface area contributed by atoms with Crippen molar-refractivity contribution in [2.75, 3.05) is 0 Å². The molecule has 0 bridgehead atoms. The fourth-order valence-electron chi connectivity index (χ4n) is 4.32. The Balaban J connectivity index is 1.67. The van der Waals surface area contributed by atoms with E-state index >= 15 is 0 Å². The summed E-state index contributed by atoms with van der Waals surface area (Å²) in [6.07, 6.45) is 10.7. The van der Waals surface area contributed by atoms with Crippen LogP contribution in [0.15, 0.2) is 4.99 Å². The summed E-state index contributed by atoms with van der Waals surface area (Å²) < 4.78 is 0. The second-order valence-electron chi connectivity index (χ2n) is 7.59. The van der Waals surface area contributed by atoms with E-state index in [2.05, 4.69) is 31.0 Å². The molecule has 0 aromatic heterocycles. The zero-order chi connectivity index (χ0) is 14.1. The molecule has 2 fully saturated rings. The van der Waals surface area contributed by atoms with E-state index in [0.717, 1.165) is 18.0 Å². The Hall–Kier alpha value is -0.730. The fraction of sp³-hybridized carbons (Fsp3) is 0.941. The van der Waals surface area contributed by atoms with Gasteiger partial charge < -0.3 is 10.2 Å². The summed E-state index contributed by atoms with van der Waals surface area (Å²) in [6, 6.07) is 2.70. The van der Waals surface area contributed by atoms with Crippen molar-refractivity contribution >= 4 is 5.96 Å². The van der Waals surface area contributed by atoms with Crippen LogP contribution in [-0.2, 0) is 0 Å². The Kier molecular flexibility index (Phi) is 4.23. The van der Waals surface area contributed by atoms with E-state index in [1.807, 2.05) is 0 Å². The van der Waals surface area contributed by atoms with Crippen molar-refractivity contribution in [2.24, 2.45) is 10.9 Å². The first-order valence-corrected chi connectivity index (χ1v) is 8.76. The quantitative estimate of drug-likeness (QED) is 0.851. The highest BCUT2D eigenvalue weighted by molar-refractivity contribution is 5.82. The average Bonchev–Trinajstić information content (AvgIpc) is 2.37. The number of rotatable bonds is 4. The van der Waals surface area contributed by atoms with Gasteiger partial charge in [-0.15, -0.1) is 0 Å². The van der Waals surface area contributed by atoms with Gasteiger partial charge in [0.15, 0.2) is 5.96 Å². The van der Waals surface area contributed by atoms with Crippen molar-refractivity contribution in [1.29, 1.82) is 0 Å². The molecule has 4 atom stereocenters. The number of piperidine rings is 1. The van der Waals surface area contributed by atoms with Crippen LogP contribution in [-0.4, -0.2) is 35.0 Å². The molecule has 0 spiro atoms. The smallest absolute Gasteiger partial charge is 0.194 e. The van der Waals surface area contributed by atoms with Crippen LogP contribution in [0.5, 0.6) is 0 Å². The molecule has 3 heteroatoms. The summed E-state index contributed by atoms with van der Waals surface area (Å²) in [6.45, 7) is 6.96. The molecule has 1 N–H and O–H groups in total. The van der Waals surface area contributed by atoms with Crippen LogP contribution in [0.1, 0.15) is 72.1 Å². The van der Waals surface area contributed by atoms with Gasteiger partial charge in [0.1, 0.15) is 0 Å². The van der Waals surface area contributed by atoms with Crippen LogP contribution >= 0.6 is 0 Å². The molecule has 0 aliphatic carbocycles. The third kappa shape index (κ3) is 2.96. The molecule has 3 aliphatic heterocycles. The van der Waals surface area contributed by atoms with Gasteiger partial charge in [-0.1, -0.05) is 26.7 Å². The van der Waals surface area contributed by atoms with Gasteiger partial charge in [-0.2, -0.15) is 0 Å². The van der Waals surface area contributed by atoms with Crippen molar-refractivity contribution in [3.05, 3.63) is 0 Å². The standard InChI is InChI=1S/C17H31N3/c1-12(2)6-4-7-14-11-16-9-5-8-15-10-13(3)18-17(19-14)20(15)16/h12-16H,4-11H2,1-3H3,(H,18,19)/t13-,14+,15+,16-/m1/s1. The summed E-state index contributed by atoms with van der Waals surface area (Å²) in [7, 11) is 0. The topological polar surface area (TPSA) is 27.6 Å². The lowest BCUT2D eigenvalue weighted by atomic mass is 9.85. The zero-order valence-corrected chi connectivity index (χ0v) is 13.4. The maximum atomic E-state index is 5.07. The van der Waals surface area contributed by atoms with Crippen LogP contribution in [0.4, 0.5) is 0 Å². The molecular weight excluding hydrogens is 246 g/mol. The van der Waals surface area contributed by atoms with E-state index in [0.29, 0.717) is 12.1 Å². The fourth-order valence-corrected chi connectivity index (χ4v) is 4.32. The molecule has 0 aromatic carbocycles. The predicted octanol–water partition coefficient (Wildman–Crippen LogP) is 3.55. The number of hydrogen-bond donors (Lipinski definition) is 1. The van der Waals surface area contributed by atoms with Gasteiger partial charge in [0.2, 0.25) is 0 Å².